The van der Waals surface area contributed by atoms with Crippen LogP contribution in [0.15, 0.2) is 0 Å². The third kappa shape index (κ3) is 2.10. The first kappa shape index (κ1) is 11.1. The number of carbonyl (C=O) groups excluding carboxylic acids is 1. The number of nitrogens with zero attached hydrogens (tertiary/aromatic N) is 1. The summed E-state index contributed by atoms with van der Waals surface area (Å²) in [7, 11) is 0. The summed E-state index contributed by atoms with van der Waals surface area (Å²) in [5.74, 6) is 1.29. The highest BCUT2D eigenvalue weighted by molar-refractivity contribution is 5.77. The first-order valence-electron chi connectivity index (χ1n) is 6.38. The predicted octanol–water partition coefficient (Wildman–Crippen LogP) is 2.48. The van der Waals surface area contributed by atoms with Crippen molar-refractivity contribution in [3.63, 3.8) is 0 Å². The Morgan fingerprint density at radius 3 is 2.40 bits per heavy atom. The molecule has 15 heavy (non-hydrogen) atoms. The molecular weight excluding hydrogens is 186 g/mol. The van der Waals surface area contributed by atoms with Crippen molar-refractivity contribution in [3.05, 3.63) is 0 Å². The number of hydrogen-bond donors (Lipinski definition) is 0. The first-order valence-corrected chi connectivity index (χ1v) is 6.38. The van der Waals surface area contributed by atoms with Gasteiger partial charge in [0.15, 0.2) is 0 Å². The van der Waals surface area contributed by atoms with Gasteiger partial charge in [-0.3, -0.25) is 9.69 Å². The van der Waals surface area contributed by atoms with Crippen LogP contribution in [-0.4, -0.2) is 30.3 Å². The molecule has 2 fully saturated rings. The summed E-state index contributed by atoms with van der Waals surface area (Å²) >= 11 is 0. The Morgan fingerprint density at radius 2 is 2.00 bits per heavy atom. The van der Waals surface area contributed by atoms with Crippen molar-refractivity contribution in [1.29, 1.82) is 0 Å². The number of carbonyl (C=O) groups is 1. The van der Waals surface area contributed by atoms with Crippen molar-refractivity contribution in [1.82, 2.24) is 4.90 Å². The maximum Gasteiger partial charge on any atom is 0.143 e. The molecule has 1 spiro atoms. The summed E-state index contributed by atoms with van der Waals surface area (Å²) in [6.45, 7) is 7.00. The zero-order chi connectivity index (χ0) is 10.9. The molecule has 1 unspecified atom stereocenters. The van der Waals surface area contributed by atoms with Gasteiger partial charge in [0, 0.05) is 0 Å². The fraction of sp³-hybridized carbons (Fsp3) is 0.923. The first-order chi connectivity index (χ1) is 7.16. The molecule has 1 atom stereocenters. The number of hydrogen-bond acceptors (Lipinski definition) is 2. The van der Waals surface area contributed by atoms with Crippen LogP contribution in [0.25, 0.3) is 0 Å². The second-order valence-corrected chi connectivity index (χ2v) is 5.48. The molecule has 1 saturated heterocycles. The largest absolute Gasteiger partial charge is 0.299 e. The number of rotatable bonds is 3. The number of ketones is 1. The molecule has 0 aromatic heterocycles. The lowest BCUT2D eigenvalue weighted by Gasteiger charge is -2.54. The standard InChI is InChI=1S/C13H23NO/c1-3-12-4-5-13(12)6-8-14(9-7-13)10-11(2)15/h12H,3-10H2,1-2H3. The molecule has 2 rings (SSSR count). The van der Waals surface area contributed by atoms with Crippen LogP contribution in [0, 0.1) is 11.3 Å². The highest BCUT2D eigenvalue weighted by Crippen LogP contribution is 2.54. The highest BCUT2D eigenvalue weighted by Gasteiger charge is 2.46. The normalized spacial score (nSPS) is 30.1. The van der Waals surface area contributed by atoms with E-state index in [1.54, 1.807) is 6.92 Å². The number of Topliss-reactive ketones (excluding diaryl/α,β-unsaturated/α-hetero) is 1. The van der Waals surface area contributed by atoms with Crippen LogP contribution in [0.1, 0.15) is 46.0 Å². The lowest BCUT2D eigenvalue weighted by molar-refractivity contribution is -0.119. The number of likely N-dealkylation sites (tertiary alicyclic amines) is 1. The van der Waals surface area contributed by atoms with Crippen molar-refractivity contribution in [2.24, 2.45) is 11.3 Å². The SMILES string of the molecule is CCC1CCC12CCN(CC(C)=O)CC2. The van der Waals surface area contributed by atoms with Crippen molar-refractivity contribution in [2.75, 3.05) is 19.6 Å². The highest BCUT2D eigenvalue weighted by atomic mass is 16.1. The minimum Gasteiger partial charge on any atom is -0.299 e. The van der Waals surface area contributed by atoms with Gasteiger partial charge in [-0.1, -0.05) is 13.3 Å². The van der Waals surface area contributed by atoms with Crippen molar-refractivity contribution in [3.8, 4) is 0 Å². The second kappa shape index (κ2) is 4.25. The summed E-state index contributed by atoms with van der Waals surface area (Å²) < 4.78 is 0. The maximum absolute atomic E-state index is 11.0. The molecule has 1 aliphatic carbocycles. The Kier molecular flexibility index (Phi) is 3.15. The van der Waals surface area contributed by atoms with E-state index in [0.717, 1.165) is 19.0 Å². The molecule has 0 aromatic rings. The van der Waals surface area contributed by atoms with Gasteiger partial charge in [0.25, 0.3) is 0 Å². The lowest BCUT2D eigenvalue weighted by Crippen LogP contribution is -2.49. The van der Waals surface area contributed by atoms with Gasteiger partial charge in [-0.05, 0) is 57.0 Å². The third-order valence-electron chi connectivity index (χ3n) is 4.65. The summed E-state index contributed by atoms with van der Waals surface area (Å²) in [5, 5.41) is 0. The van der Waals surface area contributed by atoms with E-state index in [4.69, 9.17) is 0 Å². The summed E-state index contributed by atoms with van der Waals surface area (Å²) in [6.07, 6.45) is 6.91. The van der Waals surface area contributed by atoms with Crippen LogP contribution < -0.4 is 0 Å². The Labute approximate surface area is 93.0 Å². The molecule has 2 nitrogen and oxygen atoms in total. The minimum absolute atomic E-state index is 0.312. The van der Waals surface area contributed by atoms with Gasteiger partial charge in [0.05, 0.1) is 6.54 Å². The number of piperidine rings is 1. The van der Waals surface area contributed by atoms with Gasteiger partial charge < -0.3 is 0 Å². The fourth-order valence-electron chi connectivity index (χ4n) is 3.52. The minimum atomic E-state index is 0.312. The average Bonchev–Trinajstić information content (AvgIpc) is 2.17. The van der Waals surface area contributed by atoms with E-state index < -0.39 is 0 Å². The Hall–Kier alpha value is -0.370. The van der Waals surface area contributed by atoms with E-state index in [9.17, 15) is 4.79 Å². The van der Waals surface area contributed by atoms with Gasteiger partial charge in [-0.15, -0.1) is 0 Å². The molecule has 0 amide bonds. The summed E-state index contributed by atoms with van der Waals surface area (Å²) in [4.78, 5) is 13.4. The molecule has 86 valence electrons. The predicted molar refractivity (Wildman–Crippen MR) is 61.8 cm³/mol. The van der Waals surface area contributed by atoms with E-state index in [1.807, 2.05) is 0 Å². The summed E-state index contributed by atoms with van der Waals surface area (Å²) in [5.41, 5.74) is 0.683. The van der Waals surface area contributed by atoms with Crippen LogP contribution in [0.3, 0.4) is 0 Å². The molecule has 0 N–H and O–H groups in total. The fourth-order valence-corrected chi connectivity index (χ4v) is 3.52. The zero-order valence-corrected chi connectivity index (χ0v) is 10.1. The van der Waals surface area contributed by atoms with Gasteiger partial charge in [-0.2, -0.15) is 0 Å². The van der Waals surface area contributed by atoms with E-state index in [0.29, 0.717) is 17.7 Å². The molecule has 0 radical (unpaired) electrons. The molecule has 1 saturated carbocycles. The topological polar surface area (TPSA) is 20.3 Å². The third-order valence-corrected chi connectivity index (χ3v) is 4.65. The van der Waals surface area contributed by atoms with Gasteiger partial charge >= 0.3 is 0 Å². The Balaban J connectivity index is 1.84. The smallest absolute Gasteiger partial charge is 0.143 e. The van der Waals surface area contributed by atoms with E-state index in [-0.39, 0.29) is 0 Å². The molecule has 1 heterocycles. The molecule has 1 aliphatic heterocycles. The second-order valence-electron chi connectivity index (χ2n) is 5.48. The molecule has 2 aliphatic rings. The molecule has 2 heteroatoms. The van der Waals surface area contributed by atoms with Crippen molar-refractivity contribution < 1.29 is 4.79 Å². The molecular formula is C13H23NO. The lowest BCUT2D eigenvalue weighted by atomic mass is 9.55. The van der Waals surface area contributed by atoms with Crippen LogP contribution >= 0.6 is 0 Å². The monoisotopic (exact) mass is 209 g/mol. The Morgan fingerprint density at radius 1 is 1.33 bits per heavy atom. The van der Waals surface area contributed by atoms with Crippen LogP contribution in [0.5, 0.6) is 0 Å². The Bertz CT molecular complexity index is 239. The van der Waals surface area contributed by atoms with Crippen molar-refractivity contribution in [2.45, 2.75) is 46.0 Å². The van der Waals surface area contributed by atoms with Crippen LogP contribution in [0.4, 0.5) is 0 Å². The van der Waals surface area contributed by atoms with Gasteiger partial charge in [0.1, 0.15) is 5.78 Å². The molecule has 0 bridgehead atoms. The van der Waals surface area contributed by atoms with Crippen LogP contribution in [0.2, 0.25) is 0 Å². The van der Waals surface area contributed by atoms with Gasteiger partial charge in [-0.25, -0.2) is 0 Å². The van der Waals surface area contributed by atoms with E-state index >= 15 is 0 Å². The quantitative estimate of drug-likeness (QED) is 0.711. The van der Waals surface area contributed by atoms with Gasteiger partial charge in [0.2, 0.25) is 0 Å². The van der Waals surface area contributed by atoms with Crippen LogP contribution in [-0.2, 0) is 4.79 Å². The van der Waals surface area contributed by atoms with E-state index in [2.05, 4.69) is 11.8 Å². The average molecular weight is 209 g/mol. The maximum atomic E-state index is 11.0. The zero-order valence-electron chi connectivity index (χ0n) is 10.1. The summed E-state index contributed by atoms with van der Waals surface area (Å²) in [6, 6.07) is 0. The molecule has 0 aromatic carbocycles. The van der Waals surface area contributed by atoms with Crippen molar-refractivity contribution >= 4 is 5.78 Å². The van der Waals surface area contributed by atoms with E-state index in [1.165, 1.54) is 32.1 Å².